The minimum atomic E-state index is -0.0577. The lowest BCUT2D eigenvalue weighted by Crippen LogP contribution is -2.51. The van der Waals surface area contributed by atoms with Gasteiger partial charge in [0.05, 0.1) is 11.4 Å². The van der Waals surface area contributed by atoms with E-state index in [0.29, 0.717) is 18.0 Å². The number of rotatable bonds is 3. The first-order chi connectivity index (χ1) is 13.7. The van der Waals surface area contributed by atoms with Crippen LogP contribution in [0.4, 0.5) is 10.5 Å². The highest BCUT2D eigenvalue weighted by molar-refractivity contribution is 5.91. The van der Waals surface area contributed by atoms with Crippen molar-refractivity contribution >= 4 is 11.7 Å². The maximum atomic E-state index is 13.1. The van der Waals surface area contributed by atoms with Gasteiger partial charge in [0.2, 0.25) is 0 Å². The zero-order chi connectivity index (χ0) is 19.1. The summed E-state index contributed by atoms with van der Waals surface area (Å²) >= 11 is 0. The van der Waals surface area contributed by atoms with Crippen LogP contribution in [0.5, 0.6) is 0 Å². The number of hydrazine groups is 1. The van der Waals surface area contributed by atoms with Crippen molar-refractivity contribution in [3.05, 3.63) is 30.1 Å². The fraction of sp³-hybridized carbons (Fsp3) is 0.579. The molecule has 2 aromatic rings. The lowest BCUT2D eigenvalue weighted by Gasteiger charge is -2.40. The summed E-state index contributed by atoms with van der Waals surface area (Å²) in [6, 6.07) is 6.74. The van der Waals surface area contributed by atoms with Gasteiger partial charge < -0.3 is 10.2 Å². The summed E-state index contributed by atoms with van der Waals surface area (Å²) in [6.45, 7) is 3.54. The molecule has 5 rings (SSSR count). The number of carbonyl (C=O) groups excluding carboxylic acids is 1. The van der Waals surface area contributed by atoms with Crippen LogP contribution in [-0.2, 0) is 0 Å². The Balaban J connectivity index is 1.32. The Morgan fingerprint density at radius 2 is 2.14 bits per heavy atom. The average molecular weight is 382 g/mol. The van der Waals surface area contributed by atoms with Gasteiger partial charge in [-0.1, -0.05) is 12.5 Å². The van der Waals surface area contributed by atoms with Crippen molar-refractivity contribution in [2.24, 2.45) is 11.8 Å². The number of nitrogens with zero attached hydrogens (tertiary/aromatic N) is 5. The van der Waals surface area contributed by atoms with E-state index < -0.39 is 0 Å². The number of carbonyl (C=O) groups is 1. The van der Waals surface area contributed by atoms with Crippen molar-refractivity contribution in [1.29, 1.82) is 0 Å². The molecule has 1 aromatic carbocycles. The predicted molar refractivity (Wildman–Crippen MR) is 104 cm³/mol. The Hall–Kier alpha value is -2.52. The number of fused-ring (bicyclic) bond motifs is 1. The van der Waals surface area contributed by atoms with Crippen LogP contribution < -0.4 is 16.2 Å². The minimum absolute atomic E-state index is 0.0577. The van der Waals surface area contributed by atoms with Gasteiger partial charge in [0.15, 0.2) is 0 Å². The molecule has 3 atom stereocenters. The van der Waals surface area contributed by atoms with Gasteiger partial charge in [-0.25, -0.2) is 4.79 Å². The van der Waals surface area contributed by atoms with Crippen LogP contribution in [-0.4, -0.2) is 56.3 Å². The number of anilines is 1. The topological polar surface area (TPSA) is 100 Å². The fourth-order valence-electron chi connectivity index (χ4n) is 4.70. The fourth-order valence-corrected chi connectivity index (χ4v) is 4.70. The van der Waals surface area contributed by atoms with Gasteiger partial charge in [0.1, 0.15) is 6.33 Å². The number of amides is 2. The van der Waals surface area contributed by atoms with E-state index in [-0.39, 0.29) is 6.03 Å². The van der Waals surface area contributed by atoms with Crippen LogP contribution >= 0.6 is 0 Å². The summed E-state index contributed by atoms with van der Waals surface area (Å²) in [4.78, 5) is 15.0. The van der Waals surface area contributed by atoms with E-state index in [1.807, 2.05) is 30.0 Å². The van der Waals surface area contributed by atoms with Gasteiger partial charge in [-0.3, -0.25) is 10.9 Å². The van der Waals surface area contributed by atoms with Crippen LogP contribution in [0.3, 0.4) is 0 Å². The molecule has 1 saturated carbocycles. The van der Waals surface area contributed by atoms with Crippen molar-refractivity contribution in [3.8, 4) is 5.69 Å². The number of piperidine rings is 1. The molecule has 0 bridgehead atoms. The number of nitrogens with one attached hydrogen (secondary N) is 3. The number of likely N-dealkylation sites (tertiary alicyclic amines) is 1. The molecule has 148 valence electrons. The van der Waals surface area contributed by atoms with E-state index in [9.17, 15) is 4.79 Å². The smallest absolute Gasteiger partial charge is 0.321 e. The minimum Gasteiger partial charge on any atom is -0.324 e. The molecule has 1 aromatic heterocycles. The van der Waals surface area contributed by atoms with Crippen LogP contribution in [0.15, 0.2) is 24.5 Å². The summed E-state index contributed by atoms with van der Waals surface area (Å²) in [5.41, 5.74) is 9.53. The summed E-state index contributed by atoms with van der Waals surface area (Å²) in [5, 5.41) is 14.5. The molecule has 3 aliphatic rings. The van der Waals surface area contributed by atoms with Crippen molar-refractivity contribution in [3.63, 3.8) is 0 Å². The highest BCUT2D eigenvalue weighted by Crippen LogP contribution is 2.37. The van der Waals surface area contributed by atoms with Crippen molar-refractivity contribution in [1.82, 2.24) is 36.0 Å². The molecule has 9 heteroatoms. The first kappa shape index (κ1) is 17.6. The SMILES string of the molecule is Cc1ccc(-n2cnnn2)c(NC(=O)N2CCC3NNC(C4CCC4)C3C2)c1. The number of tetrazole rings is 1. The molecule has 28 heavy (non-hydrogen) atoms. The summed E-state index contributed by atoms with van der Waals surface area (Å²) < 4.78 is 1.57. The van der Waals surface area contributed by atoms with Crippen molar-refractivity contribution < 1.29 is 4.79 Å². The lowest BCUT2D eigenvalue weighted by molar-refractivity contribution is 0.137. The number of urea groups is 1. The zero-order valence-electron chi connectivity index (χ0n) is 16.0. The molecule has 3 heterocycles. The third kappa shape index (κ3) is 3.14. The zero-order valence-corrected chi connectivity index (χ0v) is 16.0. The Kier molecular flexibility index (Phi) is 4.48. The number of hydrogen-bond donors (Lipinski definition) is 3. The monoisotopic (exact) mass is 382 g/mol. The molecule has 1 aliphatic carbocycles. The average Bonchev–Trinajstić information content (AvgIpc) is 3.31. The number of aryl methyl sites for hydroxylation is 1. The third-order valence-corrected chi connectivity index (χ3v) is 6.49. The lowest BCUT2D eigenvalue weighted by atomic mass is 9.73. The highest BCUT2D eigenvalue weighted by atomic mass is 16.2. The quantitative estimate of drug-likeness (QED) is 0.743. The van der Waals surface area contributed by atoms with Crippen molar-refractivity contribution in [2.45, 2.75) is 44.7 Å². The Labute approximate surface area is 163 Å². The van der Waals surface area contributed by atoms with Crippen LogP contribution in [0.1, 0.15) is 31.2 Å². The molecule has 9 nitrogen and oxygen atoms in total. The first-order valence-electron chi connectivity index (χ1n) is 10.1. The van der Waals surface area contributed by atoms with Gasteiger partial charge in [-0.05, 0) is 60.2 Å². The van der Waals surface area contributed by atoms with Crippen LogP contribution in [0.2, 0.25) is 0 Å². The van der Waals surface area contributed by atoms with E-state index in [0.717, 1.165) is 42.4 Å². The third-order valence-electron chi connectivity index (χ3n) is 6.49. The highest BCUT2D eigenvalue weighted by Gasteiger charge is 2.45. The Bertz CT molecular complexity index is 850. The van der Waals surface area contributed by atoms with E-state index in [1.54, 1.807) is 4.68 Å². The first-order valence-corrected chi connectivity index (χ1v) is 10.1. The molecular formula is C19H26N8O. The van der Waals surface area contributed by atoms with Crippen LogP contribution in [0, 0.1) is 18.8 Å². The molecule has 2 amide bonds. The molecule has 2 saturated heterocycles. The Morgan fingerprint density at radius 3 is 2.89 bits per heavy atom. The largest absolute Gasteiger partial charge is 0.324 e. The van der Waals surface area contributed by atoms with Crippen molar-refractivity contribution in [2.75, 3.05) is 18.4 Å². The standard InChI is InChI=1S/C19H26N8O/c1-12-5-6-17(27-11-20-24-25-27)16(9-12)21-19(28)26-8-7-15-14(10-26)18(23-22-15)13-3-2-4-13/h5-6,9,11,13-15,18,22-23H,2-4,7-8,10H2,1H3,(H,21,28). The van der Waals surface area contributed by atoms with E-state index in [4.69, 9.17) is 0 Å². The van der Waals surface area contributed by atoms with Gasteiger partial charge in [-0.2, -0.15) is 4.68 Å². The number of benzene rings is 1. The Morgan fingerprint density at radius 1 is 1.25 bits per heavy atom. The normalized spacial score (nSPS) is 27.3. The van der Waals surface area contributed by atoms with E-state index in [1.165, 1.54) is 25.6 Å². The molecule has 3 fully saturated rings. The molecule has 0 radical (unpaired) electrons. The molecule has 2 aliphatic heterocycles. The van der Waals surface area contributed by atoms with E-state index in [2.05, 4.69) is 31.7 Å². The molecule has 3 unspecified atom stereocenters. The second kappa shape index (κ2) is 7.14. The second-order valence-corrected chi connectivity index (χ2v) is 8.22. The van der Waals surface area contributed by atoms with Gasteiger partial charge in [-0.15, -0.1) is 5.10 Å². The van der Waals surface area contributed by atoms with Gasteiger partial charge in [0.25, 0.3) is 0 Å². The molecular weight excluding hydrogens is 356 g/mol. The number of hydrogen-bond acceptors (Lipinski definition) is 6. The maximum absolute atomic E-state index is 13.1. The van der Waals surface area contributed by atoms with Gasteiger partial charge in [0, 0.05) is 31.1 Å². The molecule has 3 N–H and O–H groups in total. The maximum Gasteiger partial charge on any atom is 0.321 e. The summed E-state index contributed by atoms with van der Waals surface area (Å²) in [6.07, 6.45) is 6.44. The number of aromatic nitrogens is 4. The predicted octanol–water partition coefficient (Wildman–Crippen LogP) is 1.47. The van der Waals surface area contributed by atoms with E-state index >= 15 is 0 Å². The summed E-state index contributed by atoms with van der Waals surface area (Å²) in [5.74, 6) is 1.22. The summed E-state index contributed by atoms with van der Waals surface area (Å²) in [7, 11) is 0. The molecule has 0 spiro atoms. The second-order valence-electron chi connectivity index (χ2n) is 8.22. The van der Waals surface area contributed by atoms with Gasteiger partial charge >= 0.3 is 6.03 Å². The van der Waals surface area contributed by atoms with Crippen LogP contribution in [0.25, 0.3) is 5.69 Å².